The molecule has 1 aromatic carbocycles. The summed E-state index contributed by atoms with van der Waals surface area (Å²) in [4.78, 5) is 4.38. The lowest BCUT2D eigenvalue weighted by Gasteiger charge is -2.33. The Morgan fingerprint density at radius 2 is 2.03 bits per heavy atom. The van der Waals surface area contributed by atoms with E-state index < -0.39 is 0 Å². The van der Waals surface area contributed by atoms with Crippen LogP contribution in [0.4, 0.5) is 0 Å². The molecule has 6 nitrogen and oxygen atoms in total. The second-order valence-electron chi connectivity index (χ2n) is 8.19. The van der Waals surface area contributed by atoms with E-state index in [-0.39, 0.29) is 42.1 Å². The van der Waals surface area contributed by atoms with Gasteiger partial charge in [0.05, 0.1) is 12.7 Å². The molecule has 0 amide bonds. The van der Waals surface area contributed by atoms with Gasteiger partial charge < -0.3 is 25.2 Å². The lowest BCUT2D eigenvalue weighted by Crippen LogP contribution is -2.46. The number of hydrogen-bond acceptors (Lipinski definition) is 4. The summed E-state index contributed by atoms with van der Waals surface area (Å²) in [5.74, 6) is 1.22. The Morgan fingerprint density at radius 3 is 2.69 bits per heavy atom. The molecule has 0 radical (unpaired) electrons. The van der Waals surface area contributed by atoms with Crippen LogP contribution in [-0.2, 0) is 9.47 Å². The van der Waals surface area contributed by atoms with Gasteiger partial charge in [0.25, 0.3) is 0 Å². The minimum Gasteiger partial charge on any atom is -0.396 e. The minimum atomic E-state index is 0. The zero-order chi connectivity index (χ0) is 19.8. The first-order valence-corrected chi connectivity index (χ1v) is 10.5. The maximum Gasteiger partial charge on any atom is 0.191 e. The van der Waals surface area contributed by atoms with Crippen molar-refractivity contribution in [3.05, 3.63) is 35.4 Å². The molecular weight excluding hydrogens is 481 g/mol. The van der Waals surface area contributed by atoms with E-state index in [2.05, 4.69) is 46.8 Å². The molecule has 2 saturated heterocycles. The van der Waals surface area contributed by atoms with Crippen LogP contribution < -0.4 is 10.6 Å². The number of aryl methyl sites for hydroxylation is 1. The number of guanidine groups is 1. The SMILES string of the molecule is CN=C(NCC1CCCOC1c1ccc(C)cc1)NCC1(CCO)CCOC1.I. The summed E-state index contributed by atoms with van der Waals surface area (Å²) in [5, 5.41) is 16.3. The van der Waals surface area contributed by atoms with E-state index in [1.165, 1.54) is 11.1 Å². The molecule has 2 heterocycles. The van der Waals surface area contributed by atoms with Gasteiger partial charge >= 0.3 is 0 Å². The fourth-order valence-corrected chi connectivity index (χ4v) is 4.21. The molecule has 2 aliphatic rings. The van der Waals surface area contributed by atoms with Crippen LogP contribution in [0.2, 0.25) is 0 Å². The Labute approximate surface area is 191 Å². The molecule has 0 bridgehead atoms. The van der Waals surface area contributed by atoms with Crippen LogP contribution in [0.5, 0.6) is 0 Å². The average molecular weight is 517 g/mol. The van der Waals surface area contributed by atoms with Crippen molar-refractivity contribution in [3.8, 4) is 0 Å². The molecule has 3 unspecified atom stereocenters. The molecule has 2 fully saturated rings. The average Bonchev–Trinajstić information content (AvgIpc) is 3.18. The maximum atomic E-state index is 9.40. The number of aliphatic hydroxyl groups is 1. The second-order valence-corrected chi connectivity index (χ2v) is 8.19. The van der Waals surface area contributed by atoms with E-state index in [0.29, 0.717) is 12.5 Å². The van der Waals surface area contributed by atoms with Crippen LogP contribution in [-0.4, -0.2) is 57.6 Å². The lowest BCUT2D eigenvalue weighted by atomic mass is 9.84. The predicted molar refractivity (Wildman–Crippen MR) is 127 cm³/mol. The van der Waals surface area contributed by atoms with Crippen molar-refractivity contribution in [1.82, 2.24) is 10.6 Å². The molecular formula is C22H36IN3O3. The predicted octanol–water partition coefficient (Wildman–Crippen LogP) is 3.03. The van der Waals surface area contributed by atoms with E-state index in [0.717, 1.165) is 57.9 Å². The number of nitrogens with one attached hydrogen (secondary N) is 2. The Morgan fingerprint density at radius 1 is 1.24 bits per heavy atom. The number of nitrogens with zero attached hydrogens (tertiary/aromatic N) is 1. The smallest absolute Gasteiger partial charge is 0.191 e. The first-order chi connectivity index (χ1) is 13.7. The van der Waals surface area contributed by atoms with Crippen LogP contribution in [0.1, 0.15) is 42.9 Å². The van der Waals surface area contributed by atoms with Crippen molar-refractivity contribution in [3.63, 3.8) is 0 Å². The number of hydrogen-bond donors (Lipinski definition) is 3. The summed E-state index contributed by atoms with van der Waals surface area (Å²) in [6, 6.07) is 8.68. The van der Waals surface area contributed by atoms with Gasteiger partial charge in [-0.25, -0.2) is 0 Å². The van der Waals surface area contributed by atoms with E-state index in [1.54, 1.807) is 7.05 Å². The second kappa shape index (κ2) is 12.1. The van der Waals surface area contributed by atoms with Gasteiger partial charge in [-0.15, -0.1) is 24.0 Å². The zero-order valence-electron chi connectivity index (χ0n) is 17.7. The number of aliphatic imine (C=N–C) groups is 1. The van der Waals surface area contributed by atoms with Crippen LogP contribution in [0, 0.1) is 18.3 Å². The third-order valence-corrected chi connectivity index (χ3v) is 6.06. The zero-order valence-corrected chi connectivity index (χ0v) is 20.0. The molecule has 3 atom stereocenters. The summed E-state index contributed by atoms with van der Waals surface area (Å²) in [7, 11) is 1.80. The van der Waals surface area contributed by atoms with Crippen molar-refractivity contribution in [2.75, 3.05) is 46.6 Å². The van der Waals surface area contributed by atoms with E-state index in [1.807, 2.05) is 0 Å². The standard InChI is InChI=1S/C22H35N3O3.HI/c1-17-5-7-18(8-6-17)20-19(4-3-12-28-20)14-24-21(23-2)25-15-22(9-11-26)10-13-27-16-22;/h5-8,19-20,26H,3-4,9-16H2,1-2H3,(H2,23,24,25);1H. The maximum absolute atomic E-state index is 9.40. The number of ether oxygens (including phenoxy) is 2. The van der Waals surface area contributed by atoms with Gasteiger partial charge in [0.2, 0.25) is 0 Å². The highest BCUT2D eigenvalue weighted by molar-refractivity contribution is 14.0. The minimum absolute atomic E-state index is 0. The normalized spacial score (nSPS) is 27.3. The van der Waals surface area contributed by atoms with Crippen molar-refractivity contribution in [1.29, 1.82) is 0 Å². The van der Waals surface area contributed by atoms with Gasteiger partial charge in [0.15, 0.2) is 5.96 Å². The van der Waals surface area contributed by atoms with E-state index >= 15 is 0 Å². The number of halogens is 1. The number of aliphatic hydroxyl groups excluding tert-OH is 1. The number of benzene rings is 1. The van der Waals surface area contributed by atoms with Gasteiger partial charge in [-0.2, -0.15) is 0 Å². The summed E-state index contributed by atoms with van der Waals surface area (Å²) in [6.07, 6.45) is 4.10. The van der Waals surface area contributed by atoms with Gasteiger partial charge in [-0.1, -0.05) is 29.8 Å². The Kier molecular flexibility index (Phi) is 10.1. The van der Waals surface area contributed by atoms with Gasteiger partial charge in [-0.05, 0) is 38.2 Å². The molecule has 0 aliphatic carbocycles. The van der Waals surface area contributed by atoms with Crippen LogP contribution in [0.3, 0.4) is 0 Å². The molecule has 7 heteroatoms. The summed E-state index contributed by atoms with van der Waals surface area (Å²) in [5.41, 5.74) is 2.53. The highest BCUT2D eigenvalue weighted by Crippen LogP contribution is 2.33. The Hall–Kier alpha value is -0.900. The first-order valence-electron chi connectivity index (χ1n) is 10.5. The fourth-order valence-electron chi connectivity index (χ4n) is 4.21. The third kappa shape index (κ3) is 6.80. The fraction of sp³-hybridized carbons (Fsp3) is 0.682. The first kappa shape index (κ1) is 24.4. The monoisotopic (exact) mass is 517 g/mol. The molecule has 29 heavy (non-hydrogen) atoms. The van der Waals surface area contributed by atoms with Crippen molar-refractivity contribution < 1.29 is 14.6 Å². The summed E-state index contributed by atoms with van der Waals surface area (Å²) >= 11 is 0. The van der Waals surface area contributed by atoms with Crippen LogP contribution in [0.25, 0.3) is 0 Å². The molecule has 164 valence electrons. The summed E-state index contributed by atoms with van der Waals surface area (Å²) < 4.78 is 11.7. The van der Waals surface area contributed by atoms with E-state index in [4.69, 9.17) is 9.47 Å². The van der Waals surface area contributed by atoms with Gasteiger partial charge in [-0.3, -0.25) is 4.99 Å². The molecule has 3 N–H and O–H groups in total. The highest BCUT2D eigenvalue weighted by Gasteiger charge is 2.34. The van der Waals surface area contributed by atoms with Gasteiger partial charge in [0.1, 0.15) is 0 Å². The Bertz CT molecular complexity index is 633. The lowest BCUT2D eigenvalue weighted by molar-refractivity contribution is -0.0265. The topological polar surface area (TPSA) is 75.1 Å². The van der Waals surface area contributed by atoms with Crippen LogP contribution in [0.15, 0.2) is 29.3 Å². The van der Waals surface area contributed by atoms with E-state index in [9.17, 15) is 5.11 Å². The molecule has 0 spiro atoms. The van der Waals surface area contributed by atoms with Crippen molar-refractivity contribution >= 4 is 29.9 Å². The van der Waals surface area contributed by atoms with Crippen molar-refractivity contribution in [2.24, 2.45) is 16.3 Å². The molecule has 3 rings (SSSR count). The van der Waals surface area contributed by atoms with Crippen LogP contribution >= 0.6 is 24.0 Å². The highest BCUT2D eigenvalue weighted by atomic mass is 127. The third-order valence-electron chi connectivity index (χ3n) is 6.06. The molecule has 1 aromatic rings. The van der Waals surface area contributed by atoms with Crippen molar-refractivity contribution in [2.45, 2.75) is 38.7 Å². The Balaban J connectivity index is 0.00000300. The molecule has 2 aliphatic heterocycles. The van der Waals surface area contributed by atoms with Gasteiger partial charge in [0, 0.05) is 51.3 Å². The molecule has 0 aromatic heterocycles. The number of rotatable bonds is 7. The molecule has 0 saturated carbocycles. The quantitative estimate of drug-likeness (QED) is 0.295. The largest absolute Gasteiger partial charge is 0.396 e. The summed E-state index contributed by atoms with van der Waals surface area (Å²) in [6.45, 7) is 6.17.